The summed E-state index contributed by atoms with van der Waals surface area (Å²) in [6.45, 7) is 3.57. The average Bonchev–Trinajstić information content (AvgIpc) is 2.25. The minimum absolute atomic E-state index is 0. The van der Waals surface area contributed by atoms with Crippen LogP contribution in [0.5, 0.6) is 0 Å². The molecule has 0 N–H and O–H groups in total. The van der Waals surface area contributed by atoms with Gasteiger partial charge in [-0.15, -0.1) is 0 Å². The zero-order valence-electron chi connectivity index (χ0n) is 11.6. The Kier molecular flexibility index (Phi) is 13.4. The largest absolute Gasteiger partial charge is 1.00 e. The normalized spacial score (nSPS) is 11.5. The van der Waals surface area contributed by atoms with Crippen molar-refractivity contribution in [3.8, 4) is 0 Å². The Morgan fingerprint density at radius 1 is 1.28 bits per heavy atom. The first-order chi connectivity index (χ1) is 8.01. The van der Waals surface area contributed by atoms with Gasteiger partial charge in [0.15, 0.2) is 0 Å². The van der Waals surface area contributed by atoms with E-state index in [1.54, 1.807) is 6.92 Å². The maximum Gasteiger partial charge on any atom is 1.00 e. The van der Waals surface area contributed by atoms with Crippen LogP contribution < -0.4 is 34.7 Å². The van der Waals surface area contributed by atoms with E-state index in [-0.39, 0.29) is 48.4 Å². The fraction of sp³-hybridized carbons (Fsp3) is 0.833. The van der Waals surface area contributed by atoms with Gasteiger partial charge in [-0.2, -0.15) is 0 Å². The molecule has 1 unspecified atom stereocenters. The molecule has 0 aromatic rings. The number of carbonyl (C=O) groups excluding carboxylic acids is 2. The molecule has 4 nitrogen and oxygen atoms in total. The van der Waals surface area contributed by atoms with E-state index in [1.807, 2.05) is 6.92 Å². The zero-order chi connectivity index (χ0) is 13.3. The van der Waals surface area contributed by atoms with Crippen molar-refractivity contribution in [2.45, 2.75) is 52.1 Å². The summed E-state index contributed by atoms with van der Waals surface area (Å²) in [5.41, 5.74) is 0. The summed E-state index contributed by atoms with van der Waals surface area (Å²) in [4.78, 5) is 23.1. The monoisotopic (exact) mass is 269 g/mol. The van der Waals surface area contributed by atoms with E-state index < -0.39 is 12.1 Å². The van der Waals surface area contributed by atoms with E-state index in [9.17, 15) is 19.1 Å². The van der Waals surface area contributed by atoms with E-state index in [0.717, 1.165) is 6.42 Å². The number of nitrogens with zero attached hydrogens (tertiary/aromatic N) is 1. The number of carbonyl (C=O) groups is 2. The first kappa shape index (κ1) is 20.2. The number of rotatable bonds is 9. The van der Waals surface area contributed by atoms with E-state index in [4.69, 9.17) is 0 Å². The van der Waals surface area contributed by atoms with Crippen molar-refractivity contribution in [2.75, 3.05) is 13.1 Å². The molecule has 18 heavy (non-hydrogen) atoms. The van der Waals surface area contributed by atoms with Crippen LogP contribution in [0.4, 0.5) is 4.39 Å². The predicted octanol–water partition coefficient (Wildman–Crippen LogP) is -2.10. The third-order valence-corrected chi connectivity index (χ3v) is 2.56. The summed E-state index contributed by atoms with van der Waals surface area (Å²) in [7, 11) is 0. The van der Waals surface area contributed by atoms with Gasteiger partial charge in [0, 0.05) is 13.0 Å². The van der Waals surface area contributed by atoms with Gasteiger partial charge in [0.25, 0.3) is 0 Å². The Morgan fingerprint density at radius 3 is 2.33 bits per heavy atom. The van der Waals surface area contributed by atoms with Crippen LogP contribution in [0.15, 0.2) is 0 Å². The smallest absolute Gasteiger partial charge is 0.548 e. The molecule has 0 aliphatic rings. The van der Waals surface area contributed by atoms with Crippen LogP contribution in [-0.2, 0) is 9.59 Å². The van der Waals surface area contributed by atoms with Crippen LogP contribution in [0.25, 0.3) is 0 Å². The number of hydrogen-bond donors (Lipinski definition) is 0. The van der Waals surface area contributed by atoms with Gasteiger partial charge in [-0.05, 0) is 26.2 Å². The minimum Gasteiger partial charge on any atom is -0.548 e. The van der Waals surface area contributed by atoms with Crippen LogP contribution in [0.2, 0.25) is 0 Å². The van der Waals surface area contributed by atoms with Gasteiger partial charge >= 0.3 is 29.6 Å². The zero-order valence-corrected chi connectivity index (χ0v) is 13.6. The Bertz CT molecular complexity index is 251. The quantitative estimate of drug-likeness (QED) is 0.450. The summed E-state index contributed by atoms with van der Waals surface area (Å²) >= 11 is 0. The van der Waals surface area contributed by atoms with E-state index in [2.05, 4.69) is 0 Å². The molecular formula is C12H21FNNaO3. The number of alkyl halides is 1. The summed E-state index contributed by atoms with van der Waals surface area (Å²) in [6, 6.07) is 0. The number of hydrogen-bond acceptors (Lipinski definition) is 3. The number of halogens is 1. The number of aliphatic carboxylic acids is 1. The van der Waals surface area contributed by atoms with Crippen LogP contribution in [0.1, 0.15) is 46.0 Å². The Labute approximate surface area is 130 Å². The number of amides is 1. The molecular weight excluding hydrogens is 248 g/mol. The van der Waals surface area contributed by atoms with Crippen molar-refractivity contribution in [1.29, 1.82) is 0 Å². The summed E-state index contributed by atoms with van der Waals surface area (Å²) < 4.78 is 13.1. The molecule has 0 heterocycles. The molecule has 0 aliphatic heterocycles. The molecule has 1 amide bonds. The maximum absolute atomic E-state index is 13.1. The first-order valence-corrected chi connectivity index (χ1v) is 6.12. The molecule has 0 aromatic carbocycles. The van der Waals surface area contributed by atoms with Gasteiger partial charge in [-0.3, -0.25) is 4.79 Å². The molecule has 0 saturated heterocycles. The van der Waals surface area contributed by atoms with Crippen molar-refractivity contribution in [2.24, 2.45) is 0 Å². The Morgan fingerprint density at radius 2 is 1.89 bits per heavy atom. The topological polar surface area (TPSA) is 60.4 Å². The van der Waals surface area contributed by atoms with Crippen molar-refractivity contribution in [3.63, 3.8) is 0 Å². The maximum atomic E-state index is 13.1. The standard InChI is InChI=1S/C12H22FNO3.Na/c1-3-6-10(13)7-5-8-11(15)14(4-2)9-12(16)17;/h10H,3-9H2,1-2H3,(H,16,17);/q;+1/p-1. The number of carboxylic acid groups (broad SMARTS) is 1. The fourth-order valence-electron chi connectivity index (χ4n) is 1.62. The molecule has 1 atom stereocenters. The Balaban J connectivity index is 0. The predicted molar refractivity (Wildman–Crippen MR) is 60.9 cm³/mol. The molecule has 0 aliphatic carbocycles. The Hall–Kier alpha value is -0.130. The van der Waals surface area contributed by atoms with E-state index in [0.29, 0.717) is 25.8 Å². The molecule has 0 rings (SSSR count). The van der Waals surface area contributed by atoms with Gasteiger partial charge in [0.1, 0.15) is 6.17 Å². The van der Waals surface area contributed by atoms with Crippen molar-refractivity contribution >= 4 is 11.9 Å². The SMILES string of the molecule is CCCC(F)CCCC(=O)N(CC)CC(=O)[O-].[Na+]. The summed E-state index contributed by atoms with van der Waals surface area (Å²) in [5.74, 6) is -1.52. The number of carboxylic acids is 1. The molecule has 0 aromatic heterocycles. The van der Waals surface area contributed by atoms with Gasteiger partial charge < -0.3 is 14.8 Å². The minimum atomic E-state index is -1.27. The van der Waals surface area contributed by atoms with Crippen LogP contribution in [0.3, 0.4) is 0 Å². The third-order valence-electron chi connectivity index (χ3n) is 2.56. The van der Waals surface area contributed by atoms with Gasteiger partial charge in [0.05, 0.1) is 12.5 Å². The molecule has 0 fully saturated rings. The van der Waals surface area contributed by atoms with Gasteiger partial charge in [0.2, 0.25) is 5.91 Å². The molecule has 0 radical (unpaired) electrons. The third kappa shape index (κ3) is 9.85. The van der Waals surface area contributed by atoms with Crippen molar-refractivity contribution in [3.05, 3.63) is 0 Å². The second-order valence-corrected chi connectivity index (χ2v) is 4.06. The number of likely N-dealkylation sites (N-methyl/N-ethyl adjacent to an activating group) is 1. The van der Waals surface area contributed by atoms with Crippen molar-refractivity contribution < 1.29 is 48.6 Å². The molecule has 0 spiro atoms. The van der Waals surface area contributed by atoms with Gasteiger partial charge in [-0.25, -0.2) is 4.39 Å². The molecule has 0 bridgehead atoms. The summed E-state index contributed by atoms with van der Waals surface area (Å²) in [5, 5.41) is 10.4. The van der Waals surface area contributed by atoms with E-state index in [1.165, 1.54) is 4.90 Å². The van der Waals surface area contributed by atoms with Crippen LogP contribution >= 0.6 is 0 Å². The van der Waals surface area contributed by atoms with Crippen molar-refractivity contribution in [1.82, 2.24) is 4.90 Å². The molecule has 0 saturated carbocycles. The van der Waals surface area contributed by atoms with Crippen LogP contribution in [-0.4, -0.2) is 36.0 Å². The first-order valence-electron chi connectivity index (χ1n) is 6.12. The average molecular weight is 269 g/mol. The summed E-state index contributed by atoms with van der Waals surface area (Å²) in [6.07, 6.45) is 1.48. The van der Waals surface area contributed by atoms with Gasteiger partial charge in [-0.1, -0.05) is 13.3 Å². The van der Waals surface area contributed by atoms with Crippen LogP contribution in [0, 0.1) is 0 Å². The molecule has 6 heteroatoms. The van der Waals surface area contributed by atoms with E-state index >= 15 is 0 Å². The second-order valence-electron chi connectivity index (χ2n) is 4.06. The fourth-order valence-corrected chi connectivity index (χ4v) is 1.62. The molecule has 100 valence electrons. The second kappa shape index (κ2) is 11.9.